The molecule has 3 N–H and O–H groups in total. The number of aliphatic carboxylic acids is 1. The van der Waals surface area contributed by atoms with Crippen molar-refractivity contribution < 1.29 is 50.8 Å². The van der Waals surface area contributed by atoms with Crippen molar-refractivity contribution in [2.45, 2.75) is 83.7 Å². The molecule has 6 heteroatoms. The number of hydrogen-bond acceptors (Lipinski definition) is 3. The molecule has 0 bridgehead atoms. The molecule has 0 aromatic rings. The van der Waals surface area contributed by atoms with Crippen LogP contribution < -0.4 is 34.9 Å². The average molecular weight is 325 g/mol. The van der Waals surface area contributed by atoms with Crippen LogP contribution >= 0.6 is 0 Å². The normalized spacial score (nSPS) is 11.5. The first-order valence-corrected chi connectivity index (χ1v) is 8.25. The number of amides is 1. The molecule has 1 unspecified atom stereocenters. The van der Waals surface area contributed by atoms with Gasteiger partial charge in [-0.05, 0) is 6.42 Å². The third-order valence-electron chi connectivity index (χ3n) is 3.52. The van der Waals surface area contributed by atoms with Crippen molar-refractivity contribution in [1.82, 2.24) is 5.32 Å². The van der Waals surface area contributed by atoms with Crippen LogP contribution in [0.2, 0.25) is 0 Å². The maximum atomic E-state index is 11.3. The van der Waals surface area contributed by atoms with Gasteiger partial charge in [-0.2, -0.15) is 0 Å². The van der Waals surface area contributed by atoms with Gasteiger partial charge in [0.05, 0.1) is 6.42 Å². The Morgan fingerprint density at radius 2 is 1.41 bits per heavy atom. The van der Waals surface area contributed by atoms with E-state index in [4.69, 9.17) is 10.2 Å². The Morgan fingerprint density at radius 1 is 0.955 bits per heavy atom. The minimum Gasteiger partial charge on any atom is -1.00 e. The third kappa shape index (κ3) is 16.3. The summed E-state index contributed by atoms with van der Waals surface area (Å²) in [5.41, 5.74) is 0. The molecule has 22 heavy (non-hydrogen) atoms. The summed E-state index contributed by atoms with van der Waals surface area (Å²) < 4.78 is 0. The summed E-state index contributed by atoms with van der Waals surface area (Å²) in [6, 6.07) is 0. The maximum absolute atomic E-state index is 11.3. The SMILES string of the molecule is CCCCCCCCCCCCNC(=O)CC(O)C(=O)O.[H-].[Na+]. The number of rotatable bonds is 14. The summed E-state index contributed by atoms with van der Waals surface area (Å²) in [5.74, 6) is -1.76. The van der Waals surface area contributed by atoms with Gasteiger partial charge in [-0.15, -0.1) is 0 Å². The van der Waals surface area contributed by atoms with E-state index < -0.39 is 18.0 Å². The molecule has 126 valence electrons. The largest absolute Gasteiger partial charge is 1.00 e. The molecule has 0 heterocycles. The van der Waals surface area contributed by atoms with Gasteiger partial charge in [0.2, 0.25) is 5.91 Å². The van der Waals surface area contributed by atoms with Crippen LogP contribution in [-0.2, 0) is 9.59 Å². The Labute approximate surface area is 158 Å². The molecule has 0 spiro atoms. The van der Waals surface area contributed by atoms with Crippen LogP contribution in [0, 0.1) is 0 Å². The molecule has 0 rings (SSSR count). The Morgan fingerprint density at radius 3 is 1.86 bits per heavy atom. The van der Waals surface area contributed by atoms with Crippen LogP contribution in [0.15, 0.2) is 0 Å². The van der Waals surface area contributed by atoms with Crippen molar-refractivity contribution in [1.29, 1.82) is 0 Å². The van der Waals surface area contributed by atoms with Gasteiger partial charge >= 0.3 is 35.5 Å². The quantitative estimate of drug-likeness (QED) is 0.309. The summed E-state index contributed by atoms with van der Waals surface area (Å²) >= 11 is 0. The van der Waals surface area contributed by atoms with Crippen molar-refractivity contribution in [2.75, 3.05) is 6.54 Å². The Bertz CT molecular complexity index is 293. The van der Waals surface area contributed by atoms with Gasteiger partial charge in [0.25, 0.3) is 0 Å². The van der Waals surface area contributed by atoms with E-state index >= 15 is 0 Å². The number of aliphatic hydroxyl groups excluding tert-OH is 1. The molecule has 1 atom stereocenters. The van der Waals surface area contributed by atoms with Gasteiger partial charge in [-0.1, -0.05) is 64.7 Å². The van der Waals surface area contributed by atoms with Gasteiger partial charge in [-0.3, -0.25) is 4.79 Å². The number of nitrogens with one attached hydrogen (secondary N) is 1. The minimum absolute atomic E-state index is 0. The number of carbonyl (C=O) groups is 2. The van der Waals surface area contributed by atoms with Crippen LogP contribution in [0.3, 0.4) is 0 Å². The van der Waals surface area contributed by atoms with E-state index in [-0.39, 0.29) is 37.4 Å². The van der Waals surface area contributed by atoms with E-state index in [0.29, 0.717) is 6.54 Å². The molecule has 0 radical (unpaired) electrons. The molecule has 0 aromatic heterocycles. The van der Waals surface area contributed by atoms with Crippen molar-refractivity contribution in [3.63, 3.8) is 0 Å². The summed E-state index contributed by atoms with van der Waals surface area (Å²) in [5, 5.41) is 20.1. The smallest absolute Gasteiger partial charge is 1.00 e. The zero-order valence-electron chi connectivity index (χ0n) is 15.3. The maximum Gasteiger partial charge on any atom is 1.00 e. The molecule has 0 aliphatic carbocycles. The van der Waals surface area contributed by atoms with Crippen molar-refractivity contribution in [3.8, 4) is 0 Å². The third-order valence-corrected chi connectivity index (χ3v) is 3.52. The molecule has 0 fully saturated rings. The molecular weight excluding hydrogens is 293 g/mol. The predicted octanol–water partition coefficient (Wildman–Crippen LogP) is -0.0244. The number of aliphatic hydroxyl groups is 1. The number of carboxylic acids is 1. The fraction of sp³-hybridized carbons (Fsp3) is 0.875. The molecule has 0 aliphatic heterocycles. The van der Waals surface area contributed by atoms with Crippen molar-refractivity contribution >= 4 is 11.9 Å². The summed E-state index contributed by atoms with van der Waals surface area (Å²) in [4.78, 5) is 21.6. The fourth-order valence-electron chi connectivity index (χ4n) is 2.18. The second-order valence-electron chi connectivity index (χ2n) is 5.59. The van der Waals surface area contributed by atoms with Crippen molar-refractivity contribution in [2.24, 2.45) is 0 Å². The topological polar surface area (TPSA) is 86.6 Å². The summed E-state index contributed by atoms with van der Waals surface area (Å²) in [6.45, 7) is 2.78. The van der Waals surface area contributed by atoms with E-state index in [9.17, 15) is 9.59 Å². The summed E-state index contributed by atoms with van der Waals surface area (Å²) in [7, 11) is 0. The number of unbranched alkanes of at least 4 members (excludes halogenated alkanes) is 9. The van der Waals surface area contributed by atoms with Crippen LogP contribution in [0.4, 0.5) is 0 Å². The van der Waals surface area contributed by atoms with Crippen LogP contribution in [0.25, 0.3) is 0 Å². The molecule has 0 saturated carbocycles. The number of hydrogen-bond donors (Lipinski definition) is 3. The van der Waals surface area contributed by atoms with Crippen LogP contribution in [-0.4, -0.2) is 34.7 Å². The monoisotopic (exact) mass is 325 g/mol. The van der Waals surface area contributed by atoms with E-state index in [0.717, 1.165) is 12.8 Å². The number of carbonyl (C=O) groups excluding carboxylic acids is 1. The van der Waals surface area contributed by atoms with E-state index in [2.05, 4.69) is 12.2 Å². The first kappa shape index (κ1) is 24.2. The van der Waals surface area contributed by atoms with Crippen LogP contribution in [0.1, 0.15) is 79.0 Å². The van der Waals surface area contributed by atoms with Gasteiger partial charge in [-0.25, -0.2) is 4.79 Å². The Balaban J connectivity index is -0.00000200. The standard InChI is InChI=1S/C16H31NO4.Na.H/c1-2-3-4-5-6-7-8-9-10-11-12-17-15(19)13-14(18)16(20)21;;/h14,18H,2-13H2,1H3,(H,17,19)(H,20,21);;/q;+1;-1. The first-order valence-electron chi connectivity index (χ1n) is 8.25. The van der Waals surface area contributed by atoms with E-state index in [1.807, 2.05) is 0 Å². The minimum atomic E-state index is -1.60. The Hall–Kier alpha value is -0.100. The van der Waals surface area contributed by atoms with Gasteiger partial charge < -0.3 is 17.0 Å². The zero-order valence-corrected chi connectivity index (χ0v) is 16.3. The molecular formula is C16H32NNaO4. The second kappa shape index (κ2) is 17.3. The summed E-state index contributed by atoms with van der Waals surface area (Å²) in [6.07, 6.45) is 10.4. The van der Waals surface area contributed by atoms with Crippen LogP contribution in [0.5, 0.6) is 0 Å². The molecule has 1 amide bonds. The first-order chi connectivity index (χ1) is 10.1. The molecule has 0 aromatic carbocycles. The second-order valence-corrected chi connectivity index (χ2v) is 5.59. The molecule has 0 saturated heterocycles. The van der Waals surface area contributed by atoms with E-state index in [1.165, 1.54) is 51.4 Å². The molecule has 0 aliphatic rings. The average Bonchev–Trinajstić information content (AvgIpc) is 2.44. The Kier molecular flexibility index (Phi) is 18.9. The zero-order chi connectivity index (χ0) is 15.9. The fourth-order valence-corrected chi connectivity index (χ4v) is 2.18. The number of carboxylic acid groups (broad SMARTS) is 1. The van der Waals surface area contributed by atoms with Crippen molar-refractivity contribution in [3.05, 3.63) is 0 Å². The molecule has 5 nitrogen and oxygen atoms in total. The van der Waals surface area contributed by atoms with Gasteiger partial charge in [0.15, 0.2) is 6.10 Å². The van der Waals surface area contributed by atoms with Gasteiger partial charge in [0, 0.05) is 6.54 Å². The van der Waals surface area contributed by atoms with Gasteiger partial charge in [0.1, 0.15) is 0 Å². The predicted molar refractivity (Wildman–Crippen MR) is 84.2 cm³/mol. The van der Waals surface area contributed by atoms with E-state index in [1.54, 1.807) is 0 Å².